The van der Waals surface area contributed by atoms with Gasteiger partial charge >= 0.3 is 0 Å². The molecule has 0 aliphatic carbocycles. The Kier molecular flexibility index (Phi) is 13.6. The van der Waals surface area contributed by atoms with E-state index in [0.29, 0.717) is 50.6 Å². The third kappa shape index (κ3) is 10.6. The number of carbonyl (C=O) groups excluding carboxylic acids is 3. The van der Waals surface area contributed by atoms with E-state index in [0.717, 1.165) is 50.3 Å². The van der Waals surface area contributed by atoms with Gasteiger partial charge in [0.1, 0.15) is 11.9 Å². The number of carbonyl (C=O) groups is 3. The maximum Gasteiger partial charge on any atom is 0.258 e. The quantitative estimate of drug-likeness (QED) is 0.523. The Morgan fingerprint density at radius 1 is 1.05 bits per heavy atom. The lowest BCUT2D eigenvalue weighted by Gasteiger charge is -2.25. The van der Waals surface area contributed by atoms with Crippen LogP contribution in [0.4, 0.5) is 0 Å². The van der Waals surface area contributed by atoms with Crippen LogP contribution in [-0.4, -0.2) is 104 Å². The molecule has 1 aliphatic heterocycles. The number of imidazole rings is 1. The fraction of sp³-hybridized carbons (Fsp3) is 0.600. The summed E-state index contributed by atoms with van der Waals surface area (Å²) in [6.45, 7) is 6.23. The summed E-state index contributed by atoms with van der Waals surface area (Å²) >= 11 is 0. The normalized spacial score (nSPS) is 19.2. The van der Waals surface area contributed by atoms with Crippen molar-refractivity contribution in [3.05, 3.63) is 42.0 Å². The van der Waals surface area contributed by atoms with Crippen LogP contribution in [0.5, 0.6) is 11.5 Å². The van der Waals surface area contributed by atoms with Crippen LogP contribution in [0.1, 0.15) is 44.0 Å². The van der Waals surface area contributed by atoms with E-state index >= 15 is 0 Å². The maximum atomic E-state index is 12.9. The van der Waals surface area contributed by atoms with E-state index in [1.807, 2.05) is 12.3 Å². The molecule has 0 saturated heterocycles. The first-order valence-corrected chi connectivity index (χ1v) is 14.6. The number of hydrogen-bond acceptors (Lipinski definition) is 8. The predicted molar refractivity (Wildman–Crippen MR) is 158 cm³/mol. The van der Waals surface area contributed by atoms with Gasteiger partial charge in [-0.25, -0.2) is 4.98 Å². The van der Waals surface area contributed by atoms with E-state index in [2.05, 4.69) is 25.1 Å². The van der Waals surface area contributed by atoms with Crippen LogP contribution in [-0.2, 0) is 38.6 Å². The Labute approximate surface area is 248 Å². The molecule has 2 heterocycles. The number of aromatic nitrogens is 2. The Bertz CT molecular complexity index is 1160. The molecule has 12 heteroatoms. The van der Waals surface area contributed by atoms with E-state index in [-0.39, 0.29) is 18.4 Å². The summed E-state index contributed by atoms with van der Waals surface area (Å²) in [6.07, 6.45) is 7.13. The lowest BCUT2D eigenvalue weighted by Crippen LogP contribution is -2.47. The smallest absolute Gasteiger partial charge is 0.258 e. The van der Waals surface area contributed by atoms with Crippen LogP contribution in [0.15, 0.2) is 30.6 Å². The lowest BCUT2D eigenvalue weighted by molar-refractivity contribution is -0.135. The number of nitrogens with one attached hydrogen (secondary N) is 2. The van der Waals surface area contributed by atoms with Gasteiger partial charge < -0.3 is 34.3 Å². The van der Waals surface area contributed by atoms with Crippen molar-refractivity contribution in [2.24, 2.45) is 0 Å². The molecular weight excluding hydrogens is 540 g/mol. The van der Waals surface area contributed by atoms with Crippen molar-refractivity contribution in [2.45, 2.75) is 58.2 Å². The third-order valence-electron chi connectivity index (χ3n) is 7.25. The highest BCUT2D eigenvalue weighted by atomic mass is 16.5. The predicted octanol–water partition coefficient (Wildman–Crippen LogP) is 1.61. The van der Waals surface area contributed by atoms with Gasteiger partial charge in [0.25, 0.3) is 5.91 Å². The molecule has 1 aromatic heterocycles. The zero-order valence-corrected chi connectivity index (χ0v) is 25.4. The summed E-state index contributed by atoms with van der Waals surface area (Å²) in [7, 11) is 4.96. The summed E-state index contributed by atoms with van der Waals surface area (Å²) in [4.78, 5) is 46.6. The van der Waals surface area contributed by atoms with Gasteiger partial charge in [0.15, 0.2) is 18.1 Å². The second kappa shape index (κ2) is 17.3. The van der Waals surface area contributed by atoms with Crippen LogP contribution in [0.25, 0.3) is 0 Å². The van der Waals surface area contributed by atoms with Crippen LogP contribution in [0.3, 0.4) is 0 Å². The molecule has 0 fully saturated rings. The molecular formula is C30H46N6O6. The molecule has 0 radical (unpaired) electrons. The van der Waals surface area contributed by atoms with Gasteiger partial charge in [-0.1, -0.05) is 6.07 Å². The molecule has 12 nitrogen and oxygen atoms in total. The molecule has 232 valence electrons. The fourth-order valence-electron chi connectivity index (χ4n) is 4.83. The number of ether oxygens (including phenoxy) is 3. The average Bonchev–Trinajstić information content (AvgIpc) is 3.43. The third-order valence-corrected chi connectivity index (χ3v) is 7.25. The molecule has 0 spiro atoms. The molecule has 1 aromatic carbocycles. The summed E-state index contributed by atoms with van der Waals surface area (Å²) in [5.41, 5.74) is 0.892. The minimum Gasteiger partial charge on any atom is -0.493 e. The molecule has 2 N–H and O–H groups in total. The second-order valence-corrected chi connectivity index (χ2v) is 10.5. The molecule has 3 rings (SSSR count). The standard InChI is InChI=1S/C30H46N6O6/c1-23-30(39)34(2)14-5-6-15-35(21-27-31-13-17-36(27)18-19-40-3)16-7-12-32-28(37)11-9-24-8-10-25(41-4)26(20-24)42-22-29(38)33-23/h8,10,13,17,20,23H,5-7,9,11-12,14-16,18-19,21-22H2,1-4H3,(H,32,37)(H,33,38)/t23-/m0/s1. The maximum absolute atomic E-state index is 12.9. The fourth-order valence-corrected chi connectivity index (χ4v) is 4.83. The second-order valence-electron chi connectivity index (χ2n) is 10.5. The first-order chi connectivity index (χ1) is 20.3. The molecule has 0 saturated carbocycles. The van der Waals surface area contributed by atoms with Crippen molar-refractivity contribution >= 4 is 17.7 Å². The van der Waals surface area contributed by atoms with Crippen LogP contribution < -0.4 is 20.1 Å². The Morgan fingerprint density at radius 2 is 1.83 bits per heavy atom. The summed E-state index contributed by atoms with van der Waals surface area (Å²) in [6, 6.07) is 4.73. The summed E-state index contributed by atoms with van der Waals surface area (Å²) in [5, 5.41) is 5.76. The van der Waals surface area contributed by atoms with Crippen molar-refractivity contribution in [1.82, 2.24) is 30.0 Å². The van der Waals surface area contributed by atoms with E-state index in [1.54, 1.807) is 44.3 Å². The minimum atomic E-state index is -0.682. The van der Waals surface area contributed by atoms with Crippen LogP contribution >= 0.6 is 0 Å². The molecule has 3 amide bonds. The van der Waals surface area contributed by atoms with Crippen LogP contribution in [0.2, 0.25) is 0 Å². The first kappa shape index (κ1) is 32.9. The van der Waals surface area contributed by atoms with E-state index in [9.17, 15) is 14.4 Å². The zero-order chi connectivity index (χ0) is 30.3. The Hall–Kier alpha value is -3.64. The van der Waals surface area contributed by atoms with Gasteiger partial charge in [-0.3, -0.25) is 19.3 Å². The number of fused-ring (bicyclic) bond motifs is 2. The monoisotopic (exact) mass is 586 g/mol. The van der Waals surface area contributed by atoms with Crippen molar-refractivity contribution in [3.8, 4) is 11.5 Å². The van der Waals surface area contributed by atoms with Gasteiger partial charge in [0, 0.05) is 59.2 Å². The number of rotatable bonds is 6. The van der Waals surface area contributed by atoms with Crippen molar-refractivity contribution < 1.29 is 28.6 Å². The Morgan fingerprint density at radius 3 is 2.62 bits per heavy atom. The highest BCUT2D eigenvalue weighted by molar-refractivity contribution is 5.87. The van der Waals surface area contributed by atoms with Crippen LogP contribution in [0, 0.1) is 0 Å². The van der Waals surface area contributed by atoms with Crippen molar-refractivity contribution in [2.75, 3.05) is 60.7 Å². The Balaban J connectivity index is 1.68. The highest BCUT2D eigenvalue weighted by Crippen LogP contribution is 2.28. The first-order valence-electron chi connectivity index (χ1n) is 14.6. The molecule has 42 heavy (non-hydrogen) atoms. The highest BCUT2D eigenvalue weighted by Gasteiger charge is 2.20. The number of benzene rings is 1. The number of nitrogens with zero attached hydrogens (tertiary/aromatic N) is 4. The summed E-state index contributed by atoms with van der Waals surface area (Å²) < 4.78 is 18.4. The van der Waals surface area contributed by atoms with E-state index in [4.69, 9.17) is 14.2 Å². The molecule has 2 bridgehead atoms. The van der Waals surface area contributed by atoms with Crippen molar-refractivity contribution in [3.63, 3.8) is 0 Å². The molecule has 1 atom stereocenters. The molecule has 2 aromatic rings. The zero-order valence-electron chi connectivity index (χ0n) is 25.4. The van der Waals surface area contributed by atoms with Gasteiger partial charge in [-0.15, -0.1) is 0 Å². The molecule has 1 aliphatic rings. The van der Waals surface area contributed by atoms with Gasteiger partial charge in [-0.2, -0.15) is 0 Å². The van der Waals surface area contributed by atoms with Gasteiger partial charge in [0.2, 0.25) is 11.8 Å². The minimum absolute atomic E-state index is 0.0156. The number of amides is 3. The van der Waals surface area contributed by atoms with Gasteiger partial charge in [0.05, 0.1) is 20.3 Å². The largest absolute Gasteiger partial charge is 0.493 e. The average molecular weight is 587 g/mol. The van der Waals surface area contributed by atoms with E-state index in [1.165, 1.54) is 7.11 Å². The summed E-state index contributed by atoms with van der Waals surface area (Å²) in [5.74, 6) is 1.29. The van der Waals surface area contributed by atoms with Crippen molar-refractivity contribution in [1.29, 1.82) is 0 Å². The SMILES string of the molecule is COCCn1ccnc1CN1CCCCN(C)C(=O)[C@H](C)NC(=O)COc2cc(ccc2OC)CCC(=O)NCCC1. The number of aryl methyl sites for hydroxylation is 1. The lowest BCUT2D eigenvalue weighted by atomic mass is 10.1. The number of methoxy groups -OCH3 is 2. The van der Waals surface area contributed by atoms with Gasteiger partial charge in [-0.05, 0) is 56.8 Å². The van der Waals surface area contributed by atoms with E-state index < -0.39 is 11.9 Å². The molecule has 0 unspecified atom stereocenters. The topological polar surface area (TPSA) is 127 Å². The number of hydrogen-bond donors (Lipinski definition) is 2. The number of likely N-dealkylation sites (N-methyl/N-ethyl adjacent to an activating group) is 1.